The Bertz CT molecular complexity index is 1960. The van der Waals surface area contributed by atoms with Crippen LogP contribution in [-0.4, -0.2) is 97.5 Å². The monoisotopic (exact) mass is 765 g/mol. The number of nitrogens with zero attached hydrogens (tertiary/aromatic N) is 4. The predicted octanol–water partition coefficient (Wildman–Crippen LogP) is 1.93. The van der Waals surface area contributed by atoms with Gasteiger partial charge in [0.15, 0.2) is 17.4 Å². The minimum absolute atomic E-state index is 0.0997. The van der Waals surface area contributed by atoms with Crippen LogP contribution in [0, 0.1) is 0 Å². The van der Waals surface area contributed by atoms with Gasteiger partial charge in [0, 0.05) is 25.7 Å². The number of methoxy groups -OCH3 is 1. The van der Waals surface area contributed by atoms with Crippen LogP contribution in [0.5, 0.6) is 5.88 Å². The summed E-state index contributed by atoms with van der Waals surface area (Å²) < 4.78 is 44.8. The number of fused-ring (bicyclic) bond motifs is 3. The molecule has 4 aromatic rings. The summed E-state index contributed by atoms with van der Waals surface area (Å²) in [5, 5.41) is 28.2. The predicted molar refractivity (Wildman–Crippen MR) is 193 cm³/mol. The van der Waals surface area contributed by atoms with E-state index in [1.165, 1.54) is 38.8 Å². The van der Waals surface area contributed by atoms with E-state index in [1.807, 2.05) is 48.5 Å². The highest BCUT2D eigenvalue weighted by Gasteiger charge is 2.54. The van der Waals surface area contributed by atoms with E-state index in [2.05, 4.69) is 25.1 Å². The van der Waals surface area contributed by atoms with Crippen LogP contribution in [0.3, 0.4) is 0 Å². The lowest BCUT2D eigenvalue weighted by Crippen LogP contribution is -2.46. The molecule has 2 aromatic carbocycles. The maximum Gasteiger partial charge on any atom is 0.342 e. The first-order valence-electron chi connectivity index (χ1n) is 17.7. The van der Waals surface area contributed by atoms with Crippen LogP contribution in [0.1, 0.15) is 49.3 Å². The van der Waals surface area contributed by atoms with Crippen molar-refractivity contribution in [3.8, 4) is 5.88 Å². The minimum Gasteiger partial charge on any atom is -0.479 e. The molecular weight excluding hydrogens is 721 g/mol. The lowest BCUT2D eigenvalue weighted by molar-refractivity contribution is -0.150. The Morgan fingerprint density at radius 3 is 1.94 bits per heavy atom. The van der Waals surface area contributed by atoms with Crippen molar-refractivity contribution in [1.29, 1.82) is 0 Å². The van der Waals surface area contributed by atoms with E-state index < -0.39 is 74.5 Å². The van der Waals surface area contributed by atoms with Gasteiger partial charge >= 0.3 is 19.6 Å². The molecule has 3 aliphatic rings. The molecule has 7 rings (SSSR count). The molecule has 3 heterocycles. The van der Waals surface area contributed by atoms with Crippen molar-refractivity contribution in [3.05, 3.63) is 77.1 Å². The molecule has 0 bridgehead atoms. The molecule has 0 saturated carbocycles. The number of nitrogens with two attached hydrogens (primary N) is 1. The zero-order valence-corrected chi connectivity index (χ0v) is 31.1. The smallest absolute Gasteiger partial charge is 0.342 e. The van der Waals surface area contributed by atoms with E-state index in [9.17, 15) is 24.4 Å². The second-order valence-electron chi connectivity index (χ2n) is 14.1. The van der Waals surface area contributed by atoms with Crippen molar-refractivity contribution < 1.29 is 47.8 Å². The SMILES string of the molecule is COc1nc(N)nc2c1ncn2[C@@H]1O[C@H](COP(=O)(N[C@@H](C)C(=O)OC2Cc3ccccc3C2)N[C@@H](C)C(=O)OC2Cc3ccccc3C2)[C@@H](O)[C@@]1(C)O. The number of ether oxygens (including phenoxy) is 4. The zero-order chi connectivity index (χ0) is 38.4. The molecule has 17 nitrogen and oxygen atoms in total. The summed E-state index contributed by atoms with van der Waals surface area (Å²) in [6.45, 7) is 3.73. The Kier molecular flexibility index (Phi) is 10.5. The van der Waals surface area contributed by atoms with E-state index >= 15 is 0 Å². The third-order valence-corrected chi connectivity index (χ3v) is 12.0. The quantitative estimate of drug-likeness (QED) is 0.0967. The number of carbonyl (C=O) groups excluding carboxylic acids is 2. The Labute approximate surface area is 311 Å². The third-order valence-electron chi connectivity index (χ3n) is 10.1. The van der Waals surface area contributed by atoms with Gasteiger partial charge in [-0.05, 0) is 43.0 Å². The molecule has 0 spiro atoms. The van der Waals surface area contributed by atoms with E-state index in [1.54, 1.807) is 0 Å². The molecule has 0 amide bonds. The van der Waals surface area contributed by atoms with Crippen LogP contribution in [0.25, 0.3) is 11.2 Å². The molecule has 0 radical (unpaired) electrons. The number of aliphatic hydroxyl groups is 2. The second kappa shape index (κ2) is 15.0. The van der Waals surface area contributed by atoms with Crippen molar-refractivity contribution >= 4 is 36.7 Å². The molecule has 2 aromatic heterocycles. The number of aliphatic hydroxyl groups excluding tert-OH is 1. The van der Waals surface area contributed by atoms with E-state index in [0.29, 0.717) is 25.7 Å². The highest BCUT2D eigenvalue weighted by molar-refractivity contribution is 7.54. The summed E-state index contributed by atoms with van der Waals surface area (Å²) in [6, 6.07) is 13.3. The first-order valence-corrected chi connectivity index (χ1v) is 19.3. The van der Waals surface area contributed by atoms with Crippen molar-refractivity contribution in [2.45, 2.75) is 94.8 Å². The number of hydrogen-bond acceptors (Lipinski definition) is 14. The molecule has 6 atom stereocenters. The average molecular weight is 766 g/mol. The van der Waals surface area contributed by atoms with Gasteiger partial charge < -0.3 is 39.4 Å². The van der Waals surface area contributed by atoms with Crippen LogP contribution in [-0.2, 0) is 58.6 Å². The number of carbonyl (C=O) groups is 2. The molecule has 18 heteroatoms. The highest BCUT2D eigenvalue weighted by atomic mass is 31.2. The van der Waals surface area contributed by atoms with Gasteiger partial charge in [-0.25, -0.2) is 15.2 Å². The highest BCUT2D eigenvalue weighted by Crippen LogP contribution is 2.44. The zero-order valence-electron chi connectivity index (χ0n) is 30.2. The fourth-order valence-corrected chi connectivity index (χ4v) is 9.05. The van der Waals surface area contributed by atoms with E-state index in [0.717, 1.165) is 22.3 Å². The largest absolute Gasteiger partial charge is 0.479 e. The summed E-state index contributed by atoms with van der Waals surface area (Å²) in [7, 11) is -2.96. The summed E-state index contributed by atoms with van der Waals surface area (Å²) in [5.41, 5.74) is 8.70. The van der Waals surface area contributed by atoms with Gasteiger partial charge in [0.05, 0.1) is 20.0 Å². The Hall–Kier alpha value is -4.48. The van der Waals surface area contributed by atoms with Crippen molar-refractivity contribution in [2.24, 2.45) is 0 Å². The van der Waals surface area contributed by atoms with Gasteiger partial charge in [0.25, 0.3) is 0 Å². The number of hydrogen-bond donors (Lipinski definition) is 5. The van der Waals surface area contributed by atoms with Crippen molar-refractivity contribution in [2.75, 3.05) is 19.5 Å². The Morgan fingerprint density at radius 2 is 1.46 bits per heavy atom. The number of esters is 2. The number of nitrogens with one attached hydrogen (secondary N) is 2. The molecule has 6 N–H and O–H groups in total. The van der Waals surface area contributed by atoms with Gasteiger partial charge in [-0.15, -0.1) is 0 Å². The number of imidazole rings is 1. The lowest BCUT2D eigenvalue weighted by Gasteiger charge is -2.28. The molecule has 288 valence electrons. The van der Waals surface area contributed by atoms with Crippen molar-refractivity contribution in [1.82, 2.24) is 29.7 Å². The summed E-state index contributed by atoms with van der Waals surface area (Å²) >= 11 is 0. The van der Waals surface area contributed by atoms with Crippen LogP contribution in [0.15, 0.2) is 54.9 Å². The Balaban J connectivity index is 1.06. The normalized spacial score (nSPS) is 23.9. The maximum absolute atomic E-state index is 14.6. The number of anilines is 1. The van der Waals surface area contributed by atoms with Gasteiger partial charge in [-0.2, -0.15) is 9.97 Å². The molecule has 54 heavy (non-hydrogen) atoms. The fourth-order valence-electron chi connectivity index (χ4n) is 7.24. The first kappa shape index (κ1) is 37.8. The van der Waals surface area contributed by atoms with Crippen LogP contribution in [0.4, 0.5) is 5.95 Å². The van der Waals surface area contributed by atoms with Crippen LogP contribution < -0.4 is 20.6 Å². The molecule has 1 fully saturated rings. The number of benzene rings is 2. The Morgan fingerprint density at radius 1 is 0.963 bits per heavy atom. The molecule has 1 saturated heterocycles. The standard InChI is InChI=1S/C36H44N7O10P/c1-19(32(45)51-25-13-21-9-5-6-10-22(21)14-25)41-54(48,42-20(2)33(46)52-26-15-23-11-7-8-12-24(23)16-26)50-17-27-29(44)36(3,47)34(53-27)43-18-38-28-30(43)39-35(37)40-31(28)49-4/h5-12,18-20,25-27,29,34,44,47H,13-17H2,1-4H3,(H2,37,39,40)(H2,41,42,48)/t19-,20-,27+,29+,34+,36+/m0/s1. The van der Waals surface area contributed by atoms with Crippen LogP contribution >= 0.6 is 7.67 Å². The topological polar surface area (TPSA) is 231 Å². The minimum atomic E-state index is -4.35. The second-order valence-corrected chi connectivity index (χ2v) is 16.0. The molecule has 1 aliphatic heterocycles. The molecular formula is C36H44N7O10P. The van der Waals surface area contributed by atoms with Gasteiger partial charge in [0.1, 0.15) is 42.1 Å². The third kappa shape index (κ3) is 7.57. The van der Waals surface area contributed by atoms with Gasteiger partial charge in [0.2, 0.25) is 11.8 Å². The average Bonchev–Trinajstić information content (AvgIpc) is 3.90. The van der Waals surface area contributed by atoms with Crippen molar-refractivity contribution in [3.63, 3.8) is 0 Å². The van der Waals surface area contributed by atoms with E-state index in [4.69, 9.17) is 29.2 Å². The van der Waals surface area contributed by atoms with Gasteiger partial charge in [-0.3, -0.25) is 18.7 Å². The number of aromatic nitrogens is 4. The molecule has 2 aliphatic carbocycles. The maximum atomic E-state index is 14.6. The van der Waals surface area contributed by atoms with Crippen LogP contribution in [0.2, 0.25) is 0 Å². The first-order chi connectivity index (χ1) is 25.7. The van der Waals surface area contributed by atoms with E-state index in [-0.39, 0.29) is 23.0 Å². The fraction of sp³-hybridized carbons (Fsp3) is 0.472. The number of rotatable bonds is 13. The lowest BCUT2D eigenvalue weighted by atomic mass is 9.96. The molecule has 0 unspecified atom stereocenters. The summed E-state index contributed by atoms with van der Waals surface area (Å²) in [6.07, 6.45) is -1.40. The summed E-state index contributed by atoms with van der Waals surface area (Å²) in [5.74, 6) is -1.38. The number of nitrogen functional groups attached to an aromatic ring is 1. The van der Waals surface area contributed by atoms with Gasteiger partial charge in [-0.1, -0.05) is 48.5 Å². The summed E-state index contributed by atoms with van der Waals surface area (Å²) in [4.78, 5) is 39.1.